The maximum absolute atomic E-state index is 11.5. The molecule has 2 heterocycles. The van der Waals surface area contributed by atoms with E-state index >= 15 is 0 Å². The molecule has 1 atom stereocenters. The van der Waals surface area contributed by atoms with Gasteiger partial charge in [-0.25, -0.2) is 0 Å². The Kier molecular flexibility index (Phi) is 3.23. The molecule has 1 saturated heterocycles. The van der Waals surface area contributed by atoms with Crippen LogP contribution < -0.4 is 10.2 Å². The fraction of sp³-hybridized carbons (Fsp3) is 0.357. The normalized spacial score (nSPS) is 18.6. The first-order valence-corrected chi connectivity index (χ1v) is 6.65. The van der Waals surface area contributed by atoms with Gasteiger partial charge < -0.3 is 10.2 Å². The predicted molar refractivity (Wildman–Crippen MR) is 78.1 cm³/mol. The molecule has 6 heteroatoms. The smallest absolute Gasteiger partial charge is 0.301 e. The summed E-state index contributed by atoms with van der Waals surface area (Å²) in [6, 6.07) is 7.55. The summed E-state index contributed by atoms with van der Waals surface area (Å²) < 4.78 is 0. The van der Waals surface area contributed by atoms with Crippen molar-refractivity contribution in [3.05, 3.63) is 40.6 Å². The lowest BCUT2D eigenvalue weighted by atomic mass is 10.1. The average Bonchev–Trinajstić information content (AvgIpc) is 2.94. The van der Waals surface area contributed by atoms with Gasteiger partial charge in [0.1, 0.15) is 5.69 Å². The van der Waals surface area contributed by atoms with Crippen molar-refractivity contribution in [2.45, 2.75) is 12.5 Å². The van der Waals surface area contributed by atoms with Crippen LogP contribution in [-0.4, -0.2) is 36.1 Å². The molecule has 0 amide bonds. The Morgan fingerprint density at radius 2 is 2.30 bits per heavy atom. The van der Waals surface area contributed by atoms with Crippen LogP contribution in [0, 0.1) is 10.1 Å². The number of aromatic nitrogens is 1. The van der Waals surface area contributed by atoms with Gasteiger partial charge in [-0.15, -0.1) is 0 Å². The van der Waals surface area contributed by atoms with Crippen molar-refractivity contribution < 1.29 is 4.92 Å². The highest BCUT2D eigenvalue weighted by Crippen LogP contribution is 2.36. The fourth-order valence-electron chi connectivity index (χ4n) is 2.79. The van der Waals surface area contributed by atoms with Crippen LogP contribution in [0.15, 0.2) is 30.5 Å². The molecule has 0 aliphatic carbocycles. The molecule has 0 spiro atoms. The standard InChI is InChI=1S/C14H16N4O2/c1-15-10-6-8-17(9-10)13-5-4-12-11(3-2-7-16-12)14(13)18(19)20/h2-5,7,10,15H,6,8-9H2,1H3. The largest absolute Gasteiger partial charge is 0.364 e. The van der Waals surface area contributed by atoms with Crippen molar-refractivity contribution in [1.29, 1.82) is 0 Å². The van der Waals surface area contributed by atoms with Gasteiger partial charge in [0, 0.05) is 25.3 Å². The van der Waals surface area contributed by atoms with E-state index in [0.717, 1.165) is 19.5 Å². The fourth-order valence-corrected chi connectivity index (χ4v) is 2.79. The number of nitro benzene ring substituents is 1. The van der Waals surface area contributed by atoms with Crippen molar-refractivity contribution in [1.82, 2.24) is 10.3 Å². The number of rotatable bonds is 3. The first-order valence-electron chi connectivity index (χ1n) is 6.65. The SMILES string of the molecule is CNC1CCN(c2ccc3ncccc3c2[N+](=O)[O-])C1. The number of nitrogens with zero attached hydrogens (tertiary/aromatic N) is 3. The van der Waals surface area contributed by atoms with Crippen LogP contribution in [-0.2, 0) is 0 Å². The van der Waals surface area contributed by atoms with E-state index in [4.69, 9.17) is 0 Å². The highest BCUT2D eigenvalue weighted by molar-refractivity contribution is 5.94. The van der Waals surface area contributed by atoms with E-state index in [-0.39, 0.29) is 10.6 Å². The lowest BCUT2D eigenvalue weighted by Gasteiger charge is -2.19. The van der Waals surface area contributed by atoms with Gasteiger partial charge in [0.15, 0.2) is 0 Å². The van der Waals surface area contributed by atoms with E-state index in [2.05, 4.69) is 15.2 Å². The van der Waals surface area contributed by atoms with Gasteiger partial charge in [-0.1, -0.05) is 0 Å². The molecule has 3 rings (SSSR count). The predicted octanol–water partition coefficient (Wildman–Crippen LogP) is 1.94. The number of benzene rings is 1. The van der Waals surface area contributed by atoms with E-state index in [1.54, 1.807) is 18.3 Å². The summed E-state index contributed by atoms with van der Waals surface area (Å²) in [5, 5.41) is 15.3. The summed E-state index contributed by atoms with van der Waals surface area (Å²) in [7, 11) is 1.92. The van der Waals surface area contributed by atoms with Crippen LogP contribution in [0.3, 0.4) is 0 Å². The minimum atomic E-state index is -0.300. The third-order valence-corrected chi connectivity index (χ3v) is 3.86. The molecule has 0 radical (unpaired) electrons. The van der Waals surface area contributed by atoms with Crippen LogP contribution in [0.1, 0.15) is 6.42 Å². The molecular formula is C14H16N4O2. The Morgan fingerprint density at radius 1 is 1.45 bits per heavy atom. The monoisotopic (exact) mass is 272 g/mol. The minimum absolute atomic E-state index is 0.160. The lowest BCUT2D eigenvalue weighted by molar-refractivity contribution is -0.382. The zero-order valence-electron chi connectivity index (χ0n) is 11.2. The van der Waals surface area contributed by atoms with Crippen LogP contribution in [0.25, 0.3) is 10.9 Å². The van der Waals surface area contributed by atoms with Gasteiger partial charge >= 0.3 is 5.69 Å². The molecule has 1 aliphatic rings. The topological polar surface area (TPSA) is 71.3 Å². The first kappa shape index (κ1) is 12.8. The number of hydrogen-bond acceptors (Lipinski definition) is 5. The molecule has 1 fully saturated rings. The van der Waals surface area contributed by atoms with Crippen molar-refractivity contribution in [2.75, 3.05) is 25.0 Å². The molecular weight excluding hydrogens is 256 g/mol. The average molecular weight is 272 g/mol. The molecule has 1 unspecified atom stereocenters. The molecule has 2 aromatic rings. The van der Waals surface area contributed by atoms with E-state index in [9.17, 15) is 10.1 Å². The maximum Gasteiger partial charge on any atom is 0.301 e. The molecule has 0 bridgehead atoms. The van der Waals surface area contributed by atoms with E-state index < -0.39 is 0 Å². The Balaban J connectivity index is 2.11. The Morgan fingerprint density at radius 3 is 3.00 bits per heavy atom. The second kappa shape index (κ2) is 5.05. The van der Waals surface area contributed by atoms with Crippen LogP contribution in [0.4, 0.5) is 11.4 Å². The molecule has 104 valence electrons. The van der Waals surface area contributed by atoms with Gasteiger partial charge in [0.05, 0.1) is 15.8 Å². The van der Waals surface area contributed by atoms with E-state index in [1.807, 2.05) is 19.2 Å². The van der Waals surface area contributed by atoms with Gasteiger partial charge in [-0.05, 0) is 37.7 Å². The van der Waals surface area contributed by atoms with Crippen molar-refractivity contribution in [2.24, 2.45) is 0 Å². The number of anilines is 1. The molecule has 0 saturated carbocycles. The minimum Gasteiger partial charge on any atom is -0.364 e. The van der Waals surface area contributed by atoms with Crippen molar-refractivity contribution in [3.8, 4) is 0 Å². The molecule has 1 aromatic heterocycles. The summed E-state index contributed by atoms with van der Waals surface area (Å²) in [4.78, 5) is 17.4. The number of nitrogens with one attached hydrogen (secondary N) is 1. The quantitative estimate of drug-likeness (QED) is 0.683. The number of fused-ring (bicyclic) bond motifs is 1. The van der Waals surface area contributed by atoms with Gasteiger partial charge in [0.2, 0.25) is 0 Å². The van der Waals surface area contributed by atoms with Gasteiger partial charge in [-0.2, -0.15) is 0 Å². The number of nitro groups is 1. The summed E-state index contributed by atoms with van der Waals surface area (Å²) in [5.41, 5.74) is 1.51. The zero-order valence-corrected chi connectivity index (χ0v) is 11.2. The van der Waals surface area contributed by atoms with Crippen LogP contribution >= 0.6 is 0 Å². The lowest BCUT2D eigenvalue weighted by Crippen LogP contribution is -2.29. The molecule has 1 N–H and O–H groups in total. The molecule has 1 aromatic carbocycles. The van der Waals surface area contributed by atoms with Crippen LogP contribution in [0.2, 0.25) is 0 Å². The van der Waals surface area contributed by atoms with Gasteiger partial charge in [0.25, 0.3) is 0 Å². The summed E-state index contributed by atoms with van der Waals surface area (Å²) in [6.45, 7) is 1.63. The number of pyridine rings is 1. The van der Waals surface area contributed by atoms with E-state index in [1.165, 1.54) is 0 Å². The number of likely N-dealkylation sites (N-methyl/N-ethyl adjacent to an activating group) is 1. The maximum atomic E-state index is 11.5. The third kappa shape index (κ3) is 2.08. The first-order chi connectivity index (χ1) is 9.70. The molecule has 1 aliphatic heterocycles. The van der Waals surface area contributed by atoms with E-state index in [0.29, 0.717) is 22.6 Å². The second-order valence-electron chi connectivity index (χ2n) is 4.98. The number of hydrogen-bond donors (Lipinski definition) is 1. The molecule has 20 heavy (non-hydrogen) atoms. The zero-order chi connectivity index (χ0) is 14.1. The molecule has 6 nitrogen and oxygen atoms in total. The third-order valence-electron chi connectivity index (χ3n) is 3.86. The van der Waals surface area contributed by atoms with Crippen molar-refractivity contribution in [3.63, 3.8) is 0 Å². The Labute approximate surface area is 116 Å². The summed E-state index contributed by atoms with van der Waals surface area (Å²) in [6.07, 6.45) is 2.65. The van der Waals surface area contributed by atoms with Crippen LogP contribution in [0.5, 0.6) is 0 Å². The highest BCUT2D eigenvalue weighted by Gasteiger charge is 2.28. The summed E-state index contributed by atoms with van der Waals surface area (Å²) >= 11 is 0. The highest BCUT2D eigenvalue weighted by atomic mass is 16.6. The van der Waals surface area contributed by atoms with Gasteiger partial charge in [-0.3, -0.25) is 15.1 Å². The second-order valence-corrected chi connectivity index (χ2v) is 4.98. The Hall–Kier alpha value is -2.21. The summed E-state index contributed by atoms with van der Waals surface area (Å²) in [5.74, 6) is 0. The van der Waals surface area contributed by atoms with Crippen molar-refractivity contribution >= 4 is 22.3 Å². The Bertz CT molecular complexity index is 659.